The molecule has 0 unspecified atom stereocenters. The van der Waals surface area contributed by atoms with Gasteiger partial charge in [-0.25, -0.2) is 0 Å². The molecule has 1 aliphatic rings. The average molecular weight is 460 g/mol. The second-order valence-electron chi connectivity index (χ2n) is 5.61. The molecule has 0 radical (unpaired) electrons. The number of carbonyl (C=O) groups is 2. The van der Waals surface area contributed by atoms with E-state index in [1.165, 1.54) is 25.3 Å². The van der Waals surface area contributed by atoms with Gasteiger partial charge in [-0.1, -0.05) is 46.4 Å². The molecule has 0 saturated carbocycles. The molecule has 0 spiro atoms. The quantitative estimate of drug-likeness (QED) is 0.369. The molecule has 0 aromatic heterocycles. The number of nitrogens with two attached hydrogens (primary N) is 1. The van der Waals surface area contributed by atoms with Crippen LogP contribution < -0.4 is 10.5 Å². The Kier molecular flexibility index (Phi) is 5.59. The highest BCUT2D eigenvalue weighted by atomic mass is 35.5. The van der Waals surface area contributed by atoms with E-state index in [-0.39, 0.29) is 48.0 Å². The molecule has 28 heavy (non-hydrogen) atoms. The number of nitrogens with zero attached hydrogens (tertiary/aromatic N) is 1. The molecule has 0 fully saturated rings. The molecule has 144 valence electrons. The lowest BCUT2D eigenvalue weighted by Crippen LogP contribution is -2.10. The number of benzene rings is 2. The highest BCUT2D eigenvalue weighted by molar-refractivity contribution is 6.55. The van der Waals surface area contributed by atoms with Gasteiger partial charge in [-0.2, -0.15) is 0 Å². The first-order valence-electron chi connectivity index (χ1n) is 7.55. The van der Waals surface area contributed by atoms with Crippen LogP contribution in [0.4, 0.5) is 5.69 Å². The molecule has 6 nitrogen and oxygen atoms in total. The van der Waals surface area contributed by atoms with Gasteiger partial charge in [0.15, 0.2) is 0 Å². The molecule has 2 aromatic rings. The summed E-state index contributed by atoms with van der Waals surface area (Å²) in [6.07, 6.45) is 1.11. The SMILES string of the molecule is COc1ccc(C(N)=O)cc1N=CC1=C(O)c2c(Cl)c(Cl)c(Cl)c(Cl)c2C1=O. The number of aliphatic imine (C=N–C) groups is 1. The highest BCUT2D eigenvalue weighted by Crippen LogP contribution is 2.47. The van der Waals surface area contributed by atoms with Crippen LogP contribution in [-0.4, -0.2) is 30.1 Å². The number of ketones is 1. The number of amides is 1. The fraction of sp³-hybridized carbons (Fsp3) is 0.0556. The minimum absolute atomic E-state index is 0.0228. The number of rotatable bonds is 4. The minimum Gasteiger partial charge on any atom is -0.506 e. The second-order valence-corrected chi connectivity index (χ2v) is 7.12. The molecular weight excluding hydrogens is 450 g/mol. The molecule has 0 aliphatic heterocycles. The van der Waals surface area contributed by atoms with Crippen molar-refractivity contribution in [1.29, 1.82) is 0 Å². The predicted molar refractivity (Wildman–Crippen MR) is 110 cm³/mol. The third-order valence-corrected chi connectivity index (χ3v) is 5.83. The summed E-state index contributed by atoms with van der Waals surface area (Å²) in [5.74, 6) is -1.41. The maximum atomic E-state index is 12.7. The van der Waals surface area contributed by atoms with Gasteiger partial charge in [-0.3, -0.25) is 14.6 Å². The fourth-order valence-electron chi connectivity index (χ4n) is 2.64. The van der Waals surface area contributed by atoms with Crippen molar-refractivity contribution in [2.45, 2.75) is 0 Å². The number of halogens is 4. The number of fused-ring (bicyclic) bond motifs is 1. The van der Waals surface area contributed by atoms with E-state index in [4.69, 9.17) is 56.9 Å². The van der Waals surface area contributed by atoms with Gasteiger partial charge in [0, 0.05) is 11.8 Å². The minimum atomic E-state index is -0.659. The van der Waals surface area contributed by atoms with E-state index in [0.717, 1.165) is 6.21 Å². The van der Waals surface area contributed by atoms with Gasteiger partial charge < -0.3 is 15.6 Å². The number of hydrogen-bond donors (Lipinski definition) is 2. The molecular formula is C18H10Cl4N2O4. The Bertz CT molecular complexity index is 1110. The van der Waals surface area contributed by atoms with Gasteiger partial charge in [0.2, 0.25) is 11.7 Å². The first-order chi connectivity index (χ1) is 13.2. The van der Waals surface area contributed by atoms with Crippen molar-refractivity contribution in [2.75, 3.05) is 7.11 Å². The van der Waals surface area contributed by atoms with Crippen LogP contribution in [0.25, 0.3) is 5.76 Å². The molecule has 3 N–H and O–H groups in total. The number of aliphatic hydroxyl groups excluding tert-OH is 1. The summed E-state index contributed by atoms with van der Waals surface area (Å²) in [6, 6.07) is 4.35. The van der Waals surface area contributed by atoms with E-state index in [1.54, 1.807) is 0 Å². The normalized spacial score (nSPS) is 13.4. The van der Waals surface area contributed by atoms with E-state index in [2.05, 4.69) is 4.99 Å². The number of ether oxygens (including phenoxy) is 1. The van der Waals surface area contributed by atoms with Gasteiger partial charge in [0.1, 0.15) is 17.2 Å². The summed E-state index contributed by atoms with van der Waals surface area (Å²) in [6.45, 7) is 0. The number of methoxy groups -OCH3 is 1. The number of hydrogen-bond acceptors (Lipinski definition) is 5. The van der Waals surface area contributed by atoms with Crippen molar-refractivity contribution in [3.63, 3.8) is 0 Å². The Hall–Kier alpha value is -2.25. The van der Waals surface area contributed by atoms with Crippen molar-refractivity contribution in [3.8, 4) is 5.75 Å². The largest absolute Gasteiger partial charge is 0.506 e. The molecule has 0 saturated heterocycles. The van der Waals surface area contributed by atoms with Crippen LogP contribution in [0.3, 0.4) is 0 Å². The Morgan fingerprint density at radius 2 is 1.71 bits per heavy atom. The number of carbonyl (C=O) groups excluding carboxylic acids is 2. The number of Topliss-reactive ketones (excluding diaryl/α,β-unsaturated/α-hetero) is 1. The molecule has 2 aromatic carbocycles. The van der Waals surface area contributed by atoms with Crippen molar-refractivity contribution in [2.24, 2.45) is 10.7 Å². The number of aliphatic hydroxyl groups is 1. The van der Waals surface area contributed by atoms with Crippen LogP contribution in [0.2, 0.25) is 20.1 Å². The molecule has 1 aliphatic carbocycles. The maximum Gasteiger partial charge on any atom is 0.248 e. The van der Waals surface area contributed by atoms with Crippen molar-refractivity contribution in [3.05, 3.63) is 60.6 Å². The third kappa shape index (κ3) is 3.22. The Morgan fingerprint density at radius 1 is 1.11 bits per heavy atom. The number of primary amides is 1. The van der Waals surface area contributed by atoms with Crippen LogP contribution >= 0.6 is 46.4 Å². The van der Waals surface area contributed by atoms with Crippen molar-refractivity contribution in [1.82, 2.24) is 0 Å². The standard InChI is InChI=1S/C18H10Cl4N2O4/c1-28-9-3-2-6(18(23)27)4-8(9)24-5-7-16(25)10-11(17(7)26)13(20)15(22)14(21)12(10)19/h2-5,25H,1H3,(H2,23,27). The molecule has 10 heteroatoms. The predicted octanol–water partition coefficient (Wildman–Crippen LogP) is 5.28. The second kappa shape index (κ2) is 7.64. The average Bonchev–Trinajstić information content (AvgIpc) is 2.92. The van der Waals surface area contributed by atoms with Crippen LogP contribution in [0, 0.1) is 0 Å². The Balaban J connectivity index is 2.12. The lowest BCUT2D eigenvalue weighted by Gasteiger charge is -2.09. The van der Waals surface area contributed by atoms with Crippen LogP contribution in [-0.2, 0) is 0 Å². The van der Waals surface area contributed by atoms with Gasteiger partial charge in [0.25, 0.3) is 0 Å². The van der Waals surface area contributed by atoms with Crippen LogP contribution in [0.1, 0.15) is 26.3 Å². The summed E-state index contributed by atoms with van der Waals surface area (Å²) in [5, 5.41) is 10.1. The summed E-state index contributed by atoms with van der Waals surface area (Å²) in [5.41, 5.74) is 5.41. The van der Waals surface area contributed by atoms with E-state index >= 15 is 0 Å². The van der Waals surface area contributed by atoms with E-state index in [9.17, 15) is 14.7 Å². The van der Waals surface area contributed by atoms with Crippen LogP contribution in [0.15, 0.2) is 28.8 Å². The zero-order valence-electron chi connectivity index (χ0n) is 14.0. The smallest absolute Gasteiger partial charge is 0.248 e. The summed E-state index contributed by atoms with van der Waals surface area (Å²) >= 11 is 24.2. The van der Waals surface area contributed by atoms with Crippen LogP contribution in [0.5, 0.6) is 5.75 Å². The van der Waals surface area contributed by atoms with Gasteiger partial charge in [-0.05, 0) is 18.2 Å². The molecule has 0 heterocycles. The van der Waals surface area contributed by atoms with Crippen molar-refractivity contribution >= 4 is 75.8 Å². The number of allylic oxidation sites excluding steroid dienone is 1. The molecule has 3 rings (SSSR count). The summed E-state index contributed by atoms with van der Waals surface area (Å²) in [4.78, 5) is 28.3. The van der Waals surface area contributed by atoms with E-state index in [1.807, 2.05) is 0 Å². The van der Waals surface area contributed by atoms with E-state index in [0.29, 0.717) is 5.75 Å². The first kappa shape index (κ1) is 20.5. The Morgan fingerprint density at radius 3 is 2.29 bits per heavy atom. The van der Waals surface area contributed by atoms with Gasteiger partial charge >= 0.3 is 0 Å². The topological polar surface area (TPSA) is 102 Å². The summed E-state index contributed by atoms with van der Waals surface area (Å²) < 4.78 is 5.17. The third-order valence-electron chi connectivity index (χ3n) is 4.03. The highest BCUT2D eigenvalue weighted by Gasteiger charge is 2.36. The lowest BCUT2D eigenvalue weighted by molar-refractivity contribution is 0.0998. The van der Waals surface area contributed by atoms with Gasteiger partial charge in [-0.15, -0.1) is 0 Å². The summed E-state index contributed by atoms with van der Waals surface area (Å²) in [7, 11) is 1.41. The fourth-order valence-corrected chi connectivity index (χ4v) is 3.67. The zero-order valence-corrected chi connectivity index (χ0v) is 17.0. The monoisotopic (exact) mass is 458 g/mol. The Labute approximate surface area is 179 Å². The van der Waals surface area contributed by atoms with E-state index < -0.39 is 17.4 Å². The first-order valence-corrected chi connectivity index (χ1v) is 9.06. The molecule has 1 amide bonds. The van der Waals surface area contributed by atoms with Gasteiger partial charge in [0.05, 0.1) is 43.9 Å². The zero-order chi connectivity index (χ0) is 20.7. The maximum absolute atomic E-state index is 12.7. The molecule has 0 atom stereocenters. The lowest BCUT2D eigenvalue weighted by atomic mass is 10.1. The molecule has 0 bridgehead atoms. The van der Waals surface area contributed by atoms with Crippen molar-refractivity contribution < 1.29 is 19.4 Å².